The van der Waals surface area contributed by atoms with Crippen LogP contribution in [0.1, 0.15) is 11.8 Å². The number of ether oxygens (including phenoxy) is 1. The summed E-state index contributed by atoms with van der Waals surface area (Å²) in [7, 11) is 0. The summed E-state index contributed by atoms with van der Waals surface area (Å²) < 4.78 is 5.29. The fourth-order valence-corrected chi connectivity index (χ4v) is 1.56. The van der Waals surface area contributed by atoms with Crippen LogP contribution in [0.2, 0.25) is 0 Å². The molecule has 3 heteroatoms. The summed E-state index contributed by atoms with van der Waals surface area (Å²) in [5, 5.41) is 10.4. The van der Waals surface area contributed by atoms with Crippen molar-refractivity contribution in [2.24, 2.45) is 0 Å². The van der Waals surface area contributed by atoms with Crippen LogP contribution < -0.4 is 4.74 Å². The number of nitriles is 1. The second kappa shape index (κ2) is 3.99. The van der Waals surface area contributed by atoms with E-state index in [-0.39, 0.29) is 0 Å². The van der Waals surface area contributed by atoms with E-state index in [0.717, 1.165) is 10.6 Å². The van der Waals surface area contributed by atoms with Crippen LogP contribution >= 0.6 is 11.3 Å². The van der Waals surface area contributed by atoms with E-state index in [1.54, 1.807) is 11.3 Å². The number of hydrogen-bond donors (Lipinski definition) is 0. The molecule has 0 fully saturated rings. The van der Waals surface area contributed by atoms with Crippen LogP contribution in [0, 0.1) is 11.3 Å². The van der Waals surface area contributed by atoms with E-state index in [9.17, 15) is 0 Å². The monoisotopic (exact) mass is 167 g/mol. The molecule has 58 valence electrons. The molecule has 0 unspecified atom stereocenters. The molecule has 0 aromatic carbocycles. The molecule has 0 aliphatic heterocycles. The summed E-state index contributed by atoms with van der Waals surface area (Å²) in [6, 6.07) is 4.00. The molecular weight excluding hydrogens is 158 g/mol. The SMILES string of the molecule is CCOc1ccsc1CC#N. The van der Waals surface area contributed by atoms with Gasteiger partial charge in [-0.1, -0.05) is 0 Å². The van der Waals surface area contributed by atoms with Crippen molar-refractivity contribution in [2.45, 2.75) is 13.3 Å². The standard InChI is InChI=1S/C8H9NOS/c1-2-10-7-4-6-11-8(7)3-5-9/h4,6H,2-3H2,1H3. The van der Waals surface area contributed by atoms with Gasteiger partial charge in [0.1, 0.15) is 5.75 Å². The molecule has 0 radical (unpaired) electrons. The predicted molar refractivity (Wildman–Crippen MR) is 44.8 cm³/mol. The molecule has 1 aromatic heterocycles. The Bertz CT molecular complexity index is 261. The van der Waals surface area contributed by atoms with E-state index in [0.29, 0.717) is 13.0 Å². The first-order valence-electron chi connectivity index (χ1n) is 3.44. The Balaban J connectivity index is 2.71. The summed E-state index contributed by atoms with van der Waals surface area (Å²) in [5.74, 6) is 0.860. The number of hydrogen-bond acceptors (Lipinski definition) is 3. The second-order valence-corrected chi connectivity index (χ2v) is 2.98. The molecular formula is C8H9NOS. The lowest BCUT2D eigenvalue weighted by Crippen LogP contribution is -1.91. The Morgan fingerprint density at radius 1 is 1.73 bits per heavy atom. The molecule has 0 spiro atoms. The first-order chi connectivity index (χ1) is 5.38. The Hall–Kier alpha value is -1.01. The Labute approximate surface area is 70.0 Å². The van der Waals surface area contributed by atoms with Crippen LogP contribution in [-0.2, 0) is 6.42 Å². The van der Waals surface area contributed by atoms with Gasteiger partial charge in [0.2, 0.25) is 0 Å². The van der Waals surface area contributed by atoms with Crippen LogP contribution in [0.25, 0.3) is 0 Å². The van der Waals surface area contributed by atoms with Crippen LogP contribution in [0.5, 0.6) is 5.75 Å². The van der Waals surface area contributed by atoms with Gasteiger partial charge in [-0.05, 0) is 18.4 Å². The van der Waals surface area contributed by atoms with Crippen molar-refractivity contribution in [1.29, 1.82) is 5.26 Å². The van der Waals surface area contributed by atoms with Crippen LogP contribution in [0.4, 0.5) is 0 Å². The fourth-order valence-electron chi connectivity index (χ4n) is 0.814. The molecule has 1 aromatic rings. The molecule has 11 heavy (non-hydrogen) atoms. The minimum atomic E-state index is 0.451. The number of nitrogens with zero attached hydrogens (tertiary/aromatic N) is 1. The maximum atomic E-state index is 8.43. The summed E-state index contributed by atoms with van der Waals surface area (Å²) in [6.45, 7) is 2.60. The summed E-state index contributed by atoms with van der Waals surface area (Å²) >= 11 is 1.57. The van der Waals surface area contributed by atoms with Gasteiger partial charge in [0.15, 0.2) is 0 Å². The molecule has 0 bridgehead atoms. The lowest BCUT2D eigenvalue weighted by molar-refractivity contribution is 0.339. The molecule has 0 aliphatic carbocycles. The highest BCUT2D eigenvalue weighted by Crippen LogP contribution is 2.24. The Morgan fingerprint density at radius 2 is 2.55 bits per heavy atom. The third kappa shape index (κ3) is 1.95. The average molecular weight is 167 g/mol. The van der Waals surface area contributed by atoms with Gasteiger partial charge in [0, 0.05) is 0 Å². The van der Waals surface area contributed by atoms with Gasteiger partial charge in [0.25, 0.3) is 0 Å². The largest absolute Gasteiger partial charge is 0.493 e. The Morgan fingerprint density at radius 3 is 3.18 bits per heavy atom. The minimum Gasteiger partial charge on any atom is -0.493 e. The van der Waals surface area contributed by atoms with E-state index < -0.39 is 0 Å². The second-order valence-electron chi connectivity index (χ2n) is 1.98. The first-order valence-corrected chi connectivity index (χ1v) is 4.32. The van der Waals surface area contributed by atoms with Crippen molar-refractivity contribution in [3.05, 3.63) is 16.3 Å². The normalized spacial score (nSPS) is 9.09. The van der Waals surface area contributed by atoms with Gasteiger partial charge >= 0.3 is 0 Å². The smallest absolute Gasteiger partial charge is 0.134 e. The number of thiophene rings is 1. The molecule has 1 rings (SSSR count). The van der Waals surface area contributed by atoms with Gasteiger partial charge in [-0.15, -0.1) is 11.3 Å². The van der Waals surface area contributed by atoms with E-state index >= 15 is 0 Å². The predicted octanol–water partition coefficient (Wildman–Crippen LogP) is 2.21. The van der Waals surface area contributed by atoms with E-state index in [1.807, 2.05) is 18.4 Å². The molecule has 0 saturated carbocycles. The third-order valence-electron chi connectivity index (χ3n) is 1.24. The summed E-state index contributed by atoms with van der Waals surface area (Å²) in [4.78, 5) is 1.02. The van der Waals surface area contributed by atoms with Crippen molar-refractivity contribution in [1.82, 2.24) is 0 Å². The van der Waals surface area contributed by atoms with Gasteiger partial charge < -0.3 is 4.74 Å². The van der Waals surface area contributed by atoms with Crippen molar-refractivity contribution in [3.8, 4) is 11.8 Å². The lowest BCUT2D eigenvalue weighted by atomic mass is 10.3. The molecule has 0 N–H and O–H groups in total. The summed E-state index contributed by atoms with van der Waals surface area (Å²) in [6.07, 6.45) is 0.451. The number of rotatable bonds is 3. The van der Waals surface area contributed by atoms with E-state index in [4.69, 9.17) is 10.00 Å². The zero-order chi connectivity index (χ0) is 8.10. The first kappa shape index (κ1) is 8.09. The van der Waals surface area contributed by atoms with Crippen LogP contribution in [0.15, 0.2) is 11.4 Å². The quantitative estimate of drug-likeness (QED) is 0.691. The molecule has 0 amide bonds. The average Bonchev–Trinajstić information content (AvgIpc) is 2.39. The van der Waals surface area contributed by atoms with Crippen molar-refractivity contribution < 1.29 is 4.74 Å². The summed E-state index contributed by atoms with van der Waals surface area (Å²) in [5.41, 5.74) is 0. The van der Waals surface area contributed by atoms with E-state index in [2.05, 4.69) is 6.07 Å². The van der Waals surface area contributed by atoms with Crippen molar-refractivity contribution in [3.63, 3.8) is 0 Å². The van der Waals surface area contributed by atoms with Crippen LogP contribution in [0.3, 0.4) is 0 Å². The topological polar surface area (TPSA) is 33.0 Å². The molecule has 0 saturated heterocycles. The zero-order valence-electron chi connectivity index (χ0n) is 6.33. The Kier molecular flexibility index (Phi) is 2.94. The molecule has 1 heterocycles. The molecule has 0 aliphatic rings. The van der Waals surface area contributed by atoms with Gasteiger partial charge in [-0.3, -0.25) is 0 Å². The van der Waals surface area contributed by atoms with Crippen molar-refractivity contribution in [2.75, 3.05) is 6.61 Å². The van der Waals surface area contributed by atoms with Gasteiger partial charge in [-0.2, -0.15) is 5.26 Å². The molecule has 0 atom stereocenters. The van der Waals surface area contributed by atoms with Gasteiger partial charge in [-0.25, -0.2) is 0 Å². The zero-order valence-corrected chi connectivity index (χ0v) is 7.15. The highest BCUT2D eigenvalue weighted by Gasteiger charge is 2.02. The van der Waals surface area contributed by atoms with E-state index in [1.165, 1.54) is 0 Å². The highest BCUT2D eigenvalue weighted by atomic mass is 32.1. The third-order valence-corrected chi connectivity index (χ3v) is 2.15. The van der Waals surface area contributed by atoms with Crippen LogP contribution in [-0.4, -0.2) is 6.61 Å². The fraction of sp³-hybridized carbons (Fsp3) is 0.375. The maximum absolute atomic E-state index is 8.43. The molecule has 2 nitrogen and oxygen atoms in total. The highest BCUT2D eigenvalue weighted by molar-refractivity contribution is 7.10. The maximum Gasteiger partial charge on any atom is 0.134 e. The minimum absolute atomic E-state index is 0.451. The van der Waals surface area contributed by atoms with Crippen molar-refractivity contribution >= 4 is 11.3 Å². The lowest BCUT2D eigenvalue weighted by Gasteiger charge is -1.99. The van der Waals surface area contributed by atoms with Gasteiger partial charge in [0.05, 0.1) is 24.0 Å².